The van der Waals surface area contributed by atoms with Crippen LogP contribution in [-0.4, -0.2) is 0 Å². The Hall–Kier alpha value is -1.91. The van der Waals surface area contributed by atoms with Crippen LogP contribution in [0.5, 0.6) is 0 Å². The molecular weight excluding hydrogens is 356 g/mol. The van der Waals surface area contributed by atoms with E-state index in [1.54, 1.807) is 11.9 Å². The quantitative estimate of drug-likeness (QED) is 0.514. The van der Waals surface area contributed by atoms with Gasteiger partial charge in [-0.05, 0) is 72.6 Å². The summed E-state index contributed by atoms with van der Waals surface area (Å²) in [5.41, 5.74) is 3.22. The largest absolute Gasteiger partial charge is 0.356 e. The first-order chi connectivity index (χ1) is 10.8. The molecule has 0 bridgehead atoms. The molecule has 0 spiro atoms. The smallest absolute Gasteiger partial charge is 0.0444 e. The van der Waals surface area contributed by atoms with Crippen molar-refractivity contribution in [2.75, 3.05) is 10.0 Å². The van der Waals surface area contributed by atoms with Crippen molar-refractivity contribution in [2.45, 2.75) is 4.90 Å². The van der Waals surface area contributed by atoms with Crippen LogP contribution in [0.1, 0.15) is 0 Å². The zero-order valence-corrected chi connectivity index (χ0v) is 14.2. The molecule has 3 aromatic rings. The van der Waals surface area contributed by atoms with Crippen LogP contribution in [0.15, 0.2) is 88.2 Å². The summed E-state index contributed by atoms with van der Waals surface area (Å²) >= 11 is 5.05. The number of benzene rings is 3. The highest BCUT2D eigenvalue weighted by molar-refractivity contribution is 9.10. The summed E-state index contributed by atoms with van der Waals surface area (Å²) in [6.07, 6.45) is 0. The predicted molar refractivity (Wildman–Crippen MR) is 99.8 cm³/mol. The minimum Gasteiger partial charge on any atom is -0.356 e. The van der Waals surface area contributed by atoms with E-state index in [-0.39, 0.29) is 0 Å². The van der Waals surface area contributed by atoms with Crippen LogP contribution in [0.4, 0.5) is 17.1 Å². The second-order valence-corrected chi connectivity index (χ2v) is 6.52. The molecule has 2 N–H and O–H groups in total. The monoisotopic (exact) mass is 370 g/mol. The first-order valence-corrected chi connectivity index (χ1v) is 8.51. The van der Waals surface area contributed by atoms with Gasteiger partial charge in [0.15, 0.2) is 0 Å². The maximum atomic E-state index is 3.44. The molecule has 110 valence electrons. The fraction of sp³-hybridized carbons (Fsp3) is 0. The molecule has 0 aliphatic heterocycles. The van der Waals surface area contributed by atoms with Crippen LogP contribution >= 0.6 is 27.9 Å². The predicted octanol–water partition coefficient (Wildman–Crippen LogP) is 6.31. The maximum absolute atomic E-state index is 3.44. The molecule has 0 radical (unpaired) electrons. The number of hydrogen-bond acceptors (Lipinski definition) is 3. The SMILES string of the molecule is Brc1ccc(Nc2ccc(NSc3ccccc3)cc2)cc1. The van der Waals surface area contributed by atoms with Crippen molar-refractivity contribution in [3.63, 3.8) is 0 Å². The van der Waals surface area contributed by atoms with Gasteiger partial charge in [-0.15, -0.1) is 0 Å². The Labute approximate surface area is 143 Å². The molecule has 0 fully saturated rings. The lowest BCUT2D eigenvalue weighted by molar-refractivity contribution is 1.46. The highest BCUT2D eigenvalue weighted by Crippen LogP contribution is 2.24. The number of anilines is 3. The summed E-state index contributed by atoms with van der Waals surface area (Å²) in [6.45, 7) is 0. The van der Waals surface area contributed by atoms with Gasteiger partial charge in [0.2, 0.25) is 0 Å². The third-order valence-electron chi connectivity index (χ3n) is 3.05. The minimum absolute atomic E-state index is 1.07. The lowest BCUT2D eigenvalue weighted by Gasteiger charge is -2.09. The molecule has 0 unspecified atom stereocenters. The number of hydrogen-bond donors (Lipinski definition) is 2. The van der Waals surface area contributed by atoms with Crippen LogP contribution in [0.25, 0.3) is 0 Å². The van der Waals surface area contributed by atoms with Gasteiger partial charge in [0, 0.05) is 26.4 Å². The lowest BCUT2D eigenvalue weighted by Crippen LogP contribution is -1.91. The Morgan fingerprint density at radius 3 is 1.82 bits per heavy atom. The van der Waals surface area contributed by atoms with E-state index in [1.165, 1.54) is 4.90 Å². The molecule has 3 aromatic carbocycles. The fourth-order valence-corrected chi connectivity index (χ4v) is 2.86. The zero-order valence-electron chi connectivity index (χ0n) is 11.8. The minimum atomic E-state index is 1.07. The summed E-state index contributed by atoms with van der Waals surface area (Å²) in [5.74, 6) is 0. The van der Waals surface area contributed by atoms with Crippen LogP contribution < -0.4 is 10.0 Å². The van der Waals surface area contributed by atoms with Gasteiger partial charge in [-0.25, -0.2) is 0 Å². The average Bonchev–Trinajstić information content (AvgIpc) is 2.57. The van der Waals surface area contributed by atoms with Crippen molar-refractivity contribution in [3.8, 4) is 0 Å². The van der Waals surface area contributed by atoms with Crippen LogP contribution in [0.3, 0.4) is 0 Å². The fourth-order valence-electron chi connectivity index (χ4n) is 1.93. The first kappa shape index (κ1) is 15.0. The second-order valence-electron chi connectivity index (χ2n) is 4.73. The molecule has 0 saturated carbocycles. The molecule has 0 atom stereocenters. The molecule has 2 nitrogen and oxygen atoms in total. The van der Waals surface area contributed by atoms with Gasteiger partial charge >= 0.3 is 0 Å². The summed E-state index contributed by atoms with van der Waals surface area (Å²) in [6, 6.07) is 26.7. The molecular formula is C18H15BrN2S. The van der Waals surface area contributed by atoms with E-state index < -0.39 is 0 Å². The molecule has 0 aliphatic rings. The van der Waals surface area contributed by atoms with Crippen molar-refractivity contribution in [2.24, 2.45) is 0 Å². The van der Waals surface area contributed by atoms with Gasteiger partial charge in [-0.3, -0.25) is 0 Å². The number of halogens is 1. The van der Waals surface area contributed by atoms with Crippen LogP contribution in [0.2, 0.25) is 0 Å². The zero-order chi connectivity index (χ0) is 15.2. The molecule has 0 heterocycles. The summed E-state index contributed by atoms with van der Waals surface area (Å²) in [4.78, 5) is 1.19. The molecule has 0 saturated heterocycles. The molecule has 3 rings (SSSR count). The summed E-state index contributed by atoms with van der Waals surface area (Å²) < 4.78 is 4.42. The van der Waals surface area contributed by atoms with Gasteiger partial charge in [0.25, 0.3) is 0 Å². The van der Waals surface area contributed by atoms with Crippen molar-refractivity contribution in [1.29, 1.82) is 0 Å². The Kier molecular flexibility index (Phi) is 5.03. The van der Waals surface area contributed by atoms with E-state index in [1.807, 2.05) is 42.5 Å². The topological polar surface area (TPSA) is 24.1 Å². The Balaban J connectivity index is 1.59. The summed E-state index contributed by atoms with van der Waals surface area (Å²) in [5, 5.41) is 3.38. The number of nitrogens with one attached hydrogen (secondary N) is 2. The van der Waals surface area contributed by atoms with Gasteiger partial charge in [0.1, 0.15) is 0 Å². The van der Waals surface area contributed by atoms with Gasteiger partial charge < -0.3 is 10.0 Å². The standard InChI is InChI=1S/C18H15BrN2S/c19-14-6-8-15(9-7-14)20-16-10-12-17(13-11-16)21-22-18-4-2-1-3-5-18/h1-13,20-21H. The van der Waals surface area contributed by atoms with E-state index >= 15 is 0 Å². The van der Waals surface area contributed by atoms with Crippen LogP contribution in [0, 0.1) is 0 Å². The third-order valence-corrected chi connectivity index (χ3v) is 4.42. The van der Waals surface area contributed by atoms with Gasteiger partial charge in [0.05, 0.1) is 0 Å². The van der Waals surface area contributed by atoms with Crippen molar-refractivity contribution < 1.29 is 0 Å². The average molecular weight is 371 g/mol. The van der Waals surface area contributed by atoms with Crippen molar-refractivity contribution in [3.05, 3.63) is 83.3 Å². The molecule has 22 heavy (non-hydrogen) atoms. The molecule has 4 heteroatoms. The first-order valence-electron chi connectivity index (χ1n) is 6.90. The highest BCUT2D eigenvalue weighted by Gasteiger charge is 1.97. The van der Waals surface area contributed by atoms with Crippen LogP contribution in [-0.2, 0) is 0 Å². The third kappa shape index (κ3) is 4.29. The molecule has 0 aromatic heterocycles. The van der Waals surface area contributed by atoms with Gasteiger partial charge in [-0.1, -0.05) is 34.1 Å². The maximum Gasteiger partial charge on any atom is 0.0444 e. The highest BCUT2D eigenvalue weighted by atomic mass is 79.9. The Morgan fingerprint density at radius 2 is 1.18 bits per heavy atom. The molecule has 0 amide bonds. The second kappa shape index (κ2) is 7.38. The lowest BCUT2D eigenvalue weighted by atomic mass is 10.2. The van der Waals surface area contributed by atoms with Crippen molar-refractivity contribution in [1.82, 2.24) is 0 Å². The van der Waals surface area contributed by atoms with E-state index in [9.17, 15) is 0 Å². The van der Waals surface area contributed by atoms with E-state index in [0.29, 0.717) is 0 Å². The normalized spacial score (nSPS) is 10.2. The van der Waals surface area contributed by atoms with E-state index in [2.05, 4.69) is 62.4 Å². The van der Waals surface area contributed by atoms with E-state index in [0.717, 1.165) is 21.5 Å². The summed E-state index contributed by atoms with van der Waals surface area (Å²) in [7, 11) is 0. The van der Waals surface area contributed by atoms with Gasteiger partial charge in [-0.2, -0.15) is 0 Å². The molecule has 0 aliphatic carbocycles. The Bertz CT molecular complexity index is 712. The Morgan fingerprint density at radius 1 is 0.636 bits per heavy atom. The van der Waals surface area contributed by atoms with Crippen molar-refractivity contribution >= 4 is 44.9 Å². The van der Waals surface area contributed by atoms with E-state index in [4.69, 9.17) is 0 Å². The number of rotatable bonds is 5.